The summed E-state index contributed by atoms with van der Waals surface area (Å²) in [6.45, 7) is 2.35. The number of nitrogens with zero attached hydrogens (tertiary/aromatic N) is 3. The van der Waals surface area contributed by atoms with Crippen molar-refractivity contribution in [1.29, 1.82) is 0 Å². The van der Waals surface area contributed by atoms with Gasteiger partial charge in [0.25, 0.3) is 0 Å². The second kappa shape index (κ2) is 7.54. The summed E-state index contributed by atoms with van der Waals surface area (Å²) >= 11 is 0. The van der Waals surface area contributed by atoms with Crippen LogP contribution in [0.4, 0.5) is 8.78 Å². The lowest BCUT2D eigenvalue weighted by Crippen LogP contribution is -2.48. The average Bonchev–Trinajstić information content (AvgIpc) is 2.71. The van der Waals surface area contributed by atoms with Gasteiger partial charge in [-0.3, -0.25) is 9.88 Å². The van der Waals surface area contributed by atoms with E-state index in [4.69, 9.17) is 0 Å². The van der Waals surface area contributed by atoms with Crippen molar-refractivity contribution in [2.24, 2.45) is 0 Å². The van der Waals surface area contributed by atoms with Crippen LogP contribution >= 0.6 is 0 Å². The molecule has 3 aromatic rings. The third-order valence-electron chi connectivity index (χ3n) is 4.97. The molecule has 0 spiro atoms. The van der Waals surface area contributed by atoms with Crippen LogP contribution < -0.4 is 0 Å². The minimum atomic E-state index is -3.84. The van der Waals surface area contributed by atoms with Gasteiger partial charge in [0.1, 0.15) is 0 Å². The maximum atomic E-state index is 13.4. The predicted molar refractivity (Wildman–Crippen MR) is 102 cm³/mol. The maximum absolute atomic E-state index is 13.4. The fourth-order valence-corrected chi connectivity index (χ4v) is 4.88. The molecule has 0 saturated carbocycles. The molecular weight excluding hydrogens is 384 g/mol. The van der Waals surface area contributed by atoms with Gasteiger partial charge < -0.3 is 0 Å². The van der Waals surface area contributed by atoms with Crippen molar-refractivity contribution in [2.45, 2.75) is 11.4 Å². The molecule has 0 unspecified atom stereocenters. The van der Waals surface area contributed by atoms with E-state index in [2.05, 4.69) is 9.88 Å². The second-order valence-electron chi connectivity index (χ2n) is 6.75. The number of hydrogen-bond acceptors (Lipinski definition) is 4. The smallest absolute Gasteiger partial charge is 0.243 e. The highest BCUT2D eigenvalue weighted by molar-refractivity contribution is 7.89. The van der Waals surface area contributed by atoms with Crippen LogP contribution in [0, 0.1) is 11.6 Å². The number of rotatable bonds is 4. The zero-order valence-electron chi connectivity index (χ0n) is 15.1. The molecule has 1 aliphatic rings. The second-order valence-corrected chi connectivity index (χ2v) is 8.69. The molecule has 0 radical (unpaired) electrons. The van der Waals surface area contributed by atoms with E-state index in [-0.39, 0.29) is 4.90 Å². The van der Waals surface area contributed by atoms with E-state index in [1.807, 2.05) is 30.3 Å². The van der Waals surface area contributed by atoms with Crippen molar-refractivity contribution in [3.8, 4) is 0 Å². The Kier molecular flexibility index (Phi) is 5.09. The van der Waals surface area contributed by atoms with Crippen molar-refractivity contribution in [1.82, 2.24) is 14.2 Å². The summed E-state index contributed by atoms with van der Waals surface area (Å²) in [7, 11) is -3.84. The molecule has 1 aliphatic heterocycles. The first-order chi connectivity index (χ1) is 13.4. The summed E-state index contributed by atoms with van der Waals surface area (Å²) in [4.78, 5) is 6.40. The highest BCUT2D eigenvalue weighted by Gasteiger charge is 2.29. The number of halogens is 2. The summed E-state index contributed by atoms with van der Waals surface area (Å²) in [5, 5.41) is 1.07. The van der Waals surface area contributed by atoms with Gasteiger partial charge in [-0.05, 0) is 29.8 Å². The van der Waals surface area contributed by atoms with Gasteiger partial charge in [0.15, 0.2) is 11.6 Å². The summed E-state index contributed by atoms with van der Waals surface area (Å²) in [6, 6.07) is 12.6. The van der Waals surface area contributed by atoms with Gasteiger partial charge in [0, 0.05) is 44.3 Å². The Morgan fingerprint density at radius 3 is 2.43 bits per heavy atom. The Morgan fingerprint density at radius 2 is 1.68 bits per heavy atom. The molecule has 0 bridgehead atoms. The minimum Gasteiger partial charge on any atom is -0.296 e. The van der Waals surface area contributed by atoms with Crippen LogP contribution in [0.2, 0.25) is 0 Å². The van der Waals surface area contributed by atoms with E-state index in [1.54, 1.807) is 6.20 Å². The van der Waals surface area contributed by atoms with Crippen molar-refractivity contribution < 1.29 is 17.2 Å². The minimum absolute atomic E-state index is 0.224. The third kappa shape index (κ3) is 3.63. The van der Waals surface area contributed by atoms with Crippen LogP contribution in [-0.4, -0.2) is 48.8 Å². The molecule has 1 saturated heterocycles. The highest BCUT2D eigenvalue weighted by atomic mass is 32.2. The lowest BCUT2D eigenvalue weighted by Gasteiger charge is -2.34. The van der Waals surface area contributed by atoms with Crippen LogP contribution in [0.15, 0.2) is 59.6 Å². The monoisotopic (exact) mass is 403 g/mol. The summed E-state index contributed by atoms with van der Waals surface area (Å²) in [6.07, 6.45) is 1.76. The van der Waals surface area contributed by atoms with E-state index in [0.29, 0.717) is 32.7 Å². The zero-order valence-corrected chi connectivity index (χ0v) is 15.9. The van der Waals surface area contributed by atoms with Crippen LogP contribution in [-0.2, 0) is 16.6 Å². The molecule has 0 N–H and O–H groups in total. The van der Waals surface area contributed by atoms with E-state index in [9.17, 15) is 17.2 Å². The summed E-state index contributed by atoms with van der Waals surface area (Å²) in [5.41, 5.74) is 2.04. The standard InChI is InChI=1S/C20H19F2N3O2S/c21-18-7-6-17(13-19(18)22)28(26,27)25-11-9-24(10-12-25)14-16-4-1-3-15-5-2-8-23-20(15)16/h1-8,13H,9-12,14H2. The number of para-hydroxylation sites is 1. The molecule has 2 aromatic carbocycles. The Bertz CT molecular complexity index is 1110. The maximum Gasteiger partial charge on any atom is 0.243 e. The molecule has 8 heteroatoms. The van der Waals surface area contributed by atoms with E-state index >= 15 is 0 Å². The molecule has 2 heterocycles. The Morgan fingerprint density at radius 1 is 0.929 bits per heavy atom. The molecule has 0 aliphatic carbocycles. The van der Waals surface area contributed by atoms with Crippen molar-refractivity contribution in [3.05, 3.63) is 71.9 Å². The van der Waals surface area contributed by atoms with Gasteiger partial charge >= 0.3 is 0 Å². The molecule has 146 valence electrons. The van der Waals surface area contributed by atoms with Crippen LogP contribution in [0.25, 0.3) is 10.9 Å². The summed E-state index contributed by atoms with van der Waals surface area (Å²) < 4.78 is 53.3. The topological polar surface area (TPSA) is 53.5 Å². The molecule has 1 aromatic heterocycles. The number of sulfonamides is 1. The predicted octanol–water partition coefficient (Wildman–Crippen LogP) is 3.02. The number of benzene rings is 2. The Hall–Kier alpha value is -2.42. The van der Waals surface area contributed by atoms with Crippen molar-refractivity contribution >= 4 is 20.9 Å². The van der Waals surface area contributed by atoms with Crippen molar-refractivity contribution in [3.63, 3.8) is 0 Å². The van der Waals surface area contributed by atoms with E-state index < -0.39 is 21.7 Å². The first kappa shape index (κ1) is 18.9. The molecular formula is C20H19F2N3O2S. The Labute approximate surface area is 162 Å². The van der Waals surface area contributed by atoms with Gasteiger partial charge in [0.2, 0.25) is 10.0 Å². The molecule has 1 fully saturated rings. The summed E-state index contributed by atoms with van der Waals surface area (Å²) in [5.74, 6) is -2.23. The lowest BCUT2D eigenvalue weighted by molar-refractivity contribution is 0.182. The number of piperazine rings is 1. The van der Waals surface area contributed by atoms with Gasteiger partial charge in [-0.2, -0.15) is 4.31 Å². The zero-order chi connectivity index (χ0) is 19.7. The van der Waals surface area contributed by atoms with E-state index in [0.717, 1.165) is 34.7 Å². The molecule has 0 atom stereocenters. The lowest BCUT2D eigenvalue weighted by atomic mass is 10.1. The first-order valence-corrected chi connectivity index (χ1v) is 10.4. The normalized spacial score (nSPS) is 16.5. The van der Waals surface area contributed by atoms with Gasteiger partial charge in [-0.1, -0.05) is 24.3 Å². The largest absolute Gasteiger partial charge is 0.296 e. The van der Waals surface area contributed by atoms with Crippen molar-refractivity contribution in [2.75, 3.05) is 26.2 Å². The molecule has 4 rings (SSSR count). The fraction of sp³-hybridized carbons (Fsp3) is 0.250. The number of pyridine rings is 1. The third-order valence-corrected chi connectivity index (χ3v) is 6.86. The average molecular weight is 403 g/mol. The molecule has 28 heavy (non-hydrogen) atoms. The SMILES string of the molecule is O=S(=O)(c1ccc(F)c(F)c1)N1CCN(Cc2cccc3cccnc23)CC1. The van der Waals surface area contributed by atoms with E-state index in [1.165, 1.54) is 4.31 Å². The van der Waals surface area contributed by atoms with Gasteiger partial charge in [-0.15, -0.1) is 0 Å². The quantitative estimate of drug-likeness (QED) is 0.672. The number of aromatic nitrogens is 1. The fourth-order valence-electron chi connectivity index (χ4n) is 3.45. The Balaban J connectivity index is 1.46. The first-order valence-electron chi connectivity index (χ1n) is 8.95. The van der Waals surface area contributed by atoms with Crippen LogP contribution in [0.1, 0.15) is 5.56 Å². The van der Waals surface area contributed by atoms with Gasteiger partial charge in [-0.25, -0.2) is 17.2 Å². The number of hydrogen-bond donors (Lipinski definition) is 0. The molecule has 5 nitrogen and oxygen atoms in total. The van der Waals surface area contributed by atoms with Crippen LogP contribution in [0.5, 0.6) is 0 Å². The number of fused-ring (bicyclic) bond motifs is 1. The van der Waals surface area contributed by atoms with Gasteiger partial charge in [0.05, 0.1) is 10.4 Å². The highest BCUT2D eigenvalue weighted by Crippen LogP contribution is 2.22. The van der Waals surface area contributed by atoms with Crippen LogP contribution in [0.3, 0.4) is 0 Å². The molecule has 0 amide bonds.